The summed E-state index contributed by atoms with van der Waals surface area (Å²) >= 11 is 1.04. The normalized spacial score (nSPS) is 16.3. The number of ether oxygens (including phenoxy) is 2. The molecule has 1 aromatic rings. The van der Waals surface area contributed by atoms with Gasteiger partial charge in [0.1, 0.15) is 16.7 Å². The molecular formula is C14H17N5O4S. The van der Waals surface area contributed by atoms with Gasteiger partial charge in [-0.1, -0.05) is 11.8 Å². The Kier molecular flexibility index (Phi) is 5.64. The fourth-order valence-corrected chi connectivity index (χ4v) is 2.88. The van der Waals surface area contributed by atoms with Crippen LogP contribution in [-0.2, 0) is 9.59 Å². The summed E-state index contributed by atoms with van der Waals surface area (Å²) in [7, 11) is 3.01. The molecule has 5 N–H and O–H groups in total. The molecule has 0 saturated heterocycles. The summed E-state index contributed by atoms with van der Waals surface area (Å²) in [4.78, 5) is 31.4. The average molecular weight is 351 g/mol. The molecule has 1 atom stereocenters. The number of carbonyl (C=O) groups excluding carboxylic acids is 2. The van der Waals surface area contributed by atoms with Crippen LogP contribution in [0.2, 0.25) is 0 Å². The lowest BCUT2D eigenvalue weighted by Gasteiger charge is -2.12. The first-order valence-electron chi connectivity index (χ1n) is 6.83. The van der Waals surface area contributed by atoms with Crippen LogP contribution in [0.1, 0.15) is 6.42 Å². The van der Waals surface area contributed by atoms with Gasteiger partial charge >= 0.3 is 0 Å². The van der Waals surface area contributed by atoms with Crippen molar-refractivity contribution in [3.63, 3.8) is 0 Å². The Balaban J connectivity index is 2.00. The number of aliphatic imine (C=N–C) groups is 2. The number of hydrogen-bond donors (Lipinski definition) is 3. The first-order chi connectivity index (χ1) is 11.4. The predicted octanol–water partition coefficient (Wildman–Crippen LogP) is 0.304. The maximum atomic E-state index is 12.2. The van der Waals surface area contributed by atoms with Gasteiger partial charge in [0.05, 0.1) is 19.9 Å². The summed E-state index contributed by atoms with van der Waals surface area (Å²) in [6.45, 7) is 0. The Bertz CT molecular complexity index is 715. The molecule has 1 heterocycles. The van der Waals surface area contributed by atoms with Gasteiger partial charge in [0.2, 0.25) is 5.91 Å². The van der Waals surface area contributed by atoms with Gasteiger partial charge in [-0.15, -0.1) is 0 Å². The highest BCUT2D eigenvalue weighted by Crippen LogP contribution is 2.30. The van der Waals surface area contributed by atoms with Crippen LogP contribution in [0.5, 0.6) is 11.5 Å². The Morgan fingerprint density at radius 1 is 1.38 bits per heavy atom. The molecule has 0 spiro atoms. The number of methoxy groups -OCH3 is 2. The maximum absolute atomic E-state index is 12.2. The number of thioether (sulfide) groups is 1. The van der Waals surface area contributed by atoms with E-state index in [1.807, 2.05) is 0 Å². The second-order valence-electron chi connectivity index (χ2n) is 4.69. The third kappa shape index (κ3) is 4.38. The van der Waals surface area contributed by atoms with Crippen molar-refractivity contribution in [3.8, 4) is 11.5 Å². The highest BCUT2D eigenvalue weighted by atomic mass is 32.2. The lowest BCUT2D eigenvalue weighted by molar-refractivity contribution is -0.121. The van der Waals surface area contributed by atoms with Crippen LogP contribution in [0.4, 0.5) is 5.69 Å². The van der Waals surface area contributed by atoms with Crippen LogP contribution in [0.3, 0.4) is 0 Å². The Labute approximate surface area is 142 Å². The molecule has 10 heteroatoms. The van der Waals surface area contributed by atoms with Crippen LogP contribution in [0.15, 0.2) is 28.2 Å². The second kappa shape index (κ2) is 7.68. The minimum absolute atomic E-state index is 0.0638. The van der Waals surface area contributed by atoms with Crippen molar-refractivity contribution < 1.29 is 19.1 Å². The second-order valence-corrected chi connectivity index (χ2v) is 5.86. The molecule has 1 aliphatic rings. The lowest BCUT2D eigenvalue weighted by atomic mass is 10.2. The van der Waals surface area contributed by atoms with Gasteiger partial charge in [0.15, 0.2) is 11.1 Å². The topological polar surface area (TPSA) is 141 Å². The summed E-state index contributed by atoms with van der Waals surface area (Å²) in [5.41, 5.74) is 11.0. The largest absolute Gasteiger partial charge is 0.497 e. The standard InChI is InChI=1S/C14H17N5O4S/c1-22-7-3-4-8(9(5-7)23-2)17-11(20)6-10-12(21)18-14(24-10)19-13(15)16/h3-5,10H,6H2,1-2H3,(H,17,20)(H4,15,16,18,19,21)/t10-/m1/s1. The van der Waals surface area contributed by atoms with E-state index in [1.165, 1.54) is 14.2 Å². The first-order valence-corrected chi connectivity index (χ1v) is 7.71. The Hall–Kier alpha value is -2.75. The van der Waals surface area contributed by atoms with E-state index in [4.69, 9.17) is 20.9 Å². The number of amidine groups is 1. The zero-order chi connectivity index (χ0) is 17.7. The smallest absolute Gasteiger partial charge is 0.262 e. The molecule has 9 nitrogen and oxygen atoms in total. The molecule has 0 aliphatic carbocycles. The number of nitrogens with one attached hydrogen (secondary N) is 1. The monoisotopic (exact) mass is 351 g/mol. The molecule has 24 heavy (non-hydrogen) atoms. The van der Waals surface area contributed by atoms with Gasteiger partial charge < -0.3 is 26.3 Å². The zero-order valence-corrected chi connectivity index (χ0v) is 13.9. The molecule has 0 radical (unpaired) electrons. The third-order valence-corrected chi connectivity index (χ3v) is 4.05. The number of nitrogens with two attached hydrogens (primary N) is 2. The van der Waals surface area contributed by atoms with Crippen LogP contribution >= 0.6 is 11.8 Å². The molecule has 1 aromatic carbocycles. The fraction of sp³-hybridized carbons (Fsp3) is 0.286. The van der Waals surface area contributed by atoms with Crippen LogP contribution in [-0.4, -0.2) is 42.4 Å². The highest BCUT2D eigenvalue weighted by Gasteiger charge is 2.30. The zero-order valence-electron chi connectivity index (χ0n) is 13.1. The van der Waals surface area contributed by atoms with E-state index in [-0.39, 0.29) is 23.5 Å². The van der Waals surface area contributed by atoms with Gasteiger partial charge in [-0.2, -0.15) is 9.98 Å². The molecule has 0 aromatic heterocycles. The average Bonchev–Trinajstić information content (AvgIpc) is 2.86. The van der Waals surface area contributed by atoms with Gasteiger partial charge in [-0.05, 0) is 12.1 Å². The molecule has 1 aliphatic heterocycles. The van der Waals surface area contributed by atoms with E-state index >= 15 is 0 Å². The number of rotatable bonds is 5. The number of nitrogens with zero attached hydrogens (tertiary/aromatic N) is 2. The fourth-order valence-electron chi connectivity index (χ4n) is 1.93. The minimum atomic E-state index is -0.660. The SMILES string of the molecule is COc1ccc(NC(=O)C[C@H]2SC(N=C(N)N)=NC2=O)c(OC)c1. The molecule has 0 saturated carbocycles. The Morgan fingerprint density at radius 2 is 2.12 bits per heavy atom. The van der Waals surface area contributed by atoms with Crippen molar-refractivity contribution in [1.29, 1.82) is 0 Å². The molecule has 0 bridgehead atoms. The van der Waals surface area contributed by atoms with Gasteiger partial charge in [-0.3, -0.25) is 9.59 Å². The van der Waals surface area contributed by atoms with Gasteiger partial charge in [0.25, 0.3) is 5.91 Å². The summed E-state index contributed by atoms with van der Waals surface area (Å²) in [6, 6.07) is 4.99. The number of carbonyl (C=O) groups is 2. The van der Waals surface area contributed by atoms with E-state index in [9.17, 15) is 9.59 Å². The number of benzene rings is 1. The van der Waals surface area contributed by atoms with Crippen molar-refractivity contribution in [2.75, 3.05) is 19.5 Å². The van der Waals surface area contributed by atoms with Crippen LogP contribution in [0, 0.1) is 0 Å². The van der Waals surface area contributed by atoms with E-state index in [0.717, 1.165) is 11.8 Å². The molecule has 2 rings (SSSR count). The van der Waals surface area contributed by atoms with Crippen molar-refractivity contribution in [3.05, 3.63) is 18.2 Å². The van der Waals surface area contributed by atoms with E-state index in [2.05, 4.69) is 15.3 Å². The molecule has 0 fully saturated rings. The summed E-state index contributed by atoms with van der Waals surface area (Å²) < 4.78 is 10.3. The summed E-state index contributed by atoms with van der Waals surface area (Å²) in [5.74, 6) is 0.0524. The highest BCUT2D eigenvalue weighted by molar-refractivity contribution is 8.15. The quantitative estimate of drug-likeness (QED) is 0.512. The third-order valence-electron chi connectivity index (χ3n) is 3.01. The van der Waals surface area contributed by atoms with E-state index < -0.39 is 11.2 Å². The van der Waals surface area contributed by atoms with Crippen molar-refractivity contribution in [1.82, 2.24) is 0 Å². The van der Waals surface area contributed by atoms with Gasteiger partial charge in [-0.25, -0.2) is 0 Å². The maximum Gasteiger partial charge on any atom is 0.262 e. The lowest BCUT2D eigenvalue weighted by Crippen LogP contribution is -2.23. The predicted molar refractivity (Wildman–Crippen MR) is 92.4 cm³/mol. The Morgan fingerprint density at radius 3 is 2.75 bits per heavy atom. The number of anilines is 1. The van der Waals surface area contributed by atoms with Crippen LogP contribution < -0.4 is 26.3 Å². The first kappa shape index (κ1) is 17.6. The molecule has 0 unspecified atom stereocenters. The molecular weight excluding hydrogens is 334 g/mol. The number of hydrogen-bond acceptors (Lipinski definition) is 6. The summed E-state index contributed by atoms with van der Waals surface area (Å²) in [6.07, 6.45) is -0.0638. The van der Waals surface area contributed by atoms with Gasteiger partial charge in [0, 0.05) is 12.5 Å². The number of guanidine groups is 1. The summed E-state index contributed by atoms with van der Waals surface area (Å²) in [5, 5.41) is 2.19. The van der Waals surface area contributed by atoms with Crippen molar-refractivity contribution in [2.24, 2.45) is 21.5 Å². The number of amides is 2. The van der Waals surface area contributed by atoms with Crippen LogP contribution in [0.25, 0.3) is 0 Å². The molecule has 2 amide bonds. The van der Waals surface area contributed by atoms with E-state index in [1.54, 1.807) is 18.2 Å². The van der Waals surface area contributed by atoms with Crippen molar-refractivity contribution in [2.45, 2.75) is 11.7 Å². The van der Waals surface area contributed by atoms with Crippen molar-refractivity contribution >= 4 is 40.4 Å². The van der Waals surface area contributed by atoms with E-state index in [0.29, 0.717) is 17.2 Å². The molecule has 128 valence electrons. The minimum Gasteiger partial charge on any atom is -0.497 e.